The number of halogens is 1. The fourth-order valence-electron chi connectivity index (χ4n) is 2.81. The van der Waals surface area contributed by atoms with Gasteiger partial charge < -0.3 is 5.32 Å². The minimum absolute atomic E-state index is 0.301. The molecule has 5 nitrogen and oxygen atoms in total. The second-order valence-electron chi connectivity index (χ2n) is 6.06. The number of aryl methyl sites for hydroxylation is 2. The molecule has 1 aromatic heterocycles. The maximum Gasteiger partial charge on any atom is 0.296 e. The predicted octanol–water partition coefficient (Wildman–Crippen LogP) is 4.27. The number of nitrogens with one attached hydrogen (secondary N) is 1. The van der Waals surface area contributed by atoms with Crippen molar-refractivity contribution < 1.29 is 9.59 Å². The van der Waals surface area contributed by atoms with Gasteiger partial charge in [0.05, 0.1) is 33.3 Å². The van der Waals surface area contributed by atoms with E-state index in [0.29, 0.717) is 27.7 Å². The van der Waals surface area contributed by atoms with Crippen molar-refractivity contribution in [1.82, 2.24) is 9.78 Å². The minimum Gasteiger partial charge on any atom is -0.318 e. The van der Waals surface area contributed by atoms with Gasteiger partial charge in [-0.3, -0.25) is 9.59 Å². The van der Waals surface area contributed by atoms with Gasteiger partial charge in [0.25, 0.3) is 11.7 Å². The van der Waals surface area contributed by atoms with Crippen molar-refractivity contribution in [3.05, 3.63) is 76.1 Å². The van der Waals surface area contributed by atoms with Crippen LogP contribution in [0.5, 0.6) is 0 Å². The molecule has 2 aromatic carbocycles. The van der Waals surface area contributed by atoms with E-state index >= 15 is 0 Å². The molecule has 3 aromatic rings. The summed E-state index contributed by atoms with van der Waals surface area (Å²) in [6, 6.07) is 14.7. The van der Waals surface area contributed by atoms with Crippen molar-refractivity contribution in [3.63, 3.8) is 0 Å². The molecule has 1 amide bonds. The topological polar surface area (TPSA) is 64.0 Å². The number of hydrogen-bond donors (Lipinski definition) is 1. The second-order valence-corrected chi connectivity index (χ2v) is 6.47. The van der Waals surface area contributed by atoms with E-state index < -0.39 is 11.7 Å². The van der Waals surface area contributed by atoms with E-state index in [1.165, 1.54) is 0 Å². The Bertz CT molecular complexity index is 994. The molecular formula is C20H18ClN3O2. The lowest BCUT2D eigenvalue weighted by molar-refractivity contribution is -0.112. The van der Waals surface area contributed by atoms with E-state index in [0.717, 1.165) is 11.3 Å². The van der Waals surface area contributed by atoms with Crippen LogP contribution in [0.1, 0.15) is 27.3 Å². The molecular weight excluding hydrogens is 350 g/mol. The summed E-state index contributed by atoms with van der Waals surface area (Å²) in [7, 11) is 0. The Balaban J connectivity index is 1.90. The van der Waals surface area contributed by atoms with Crippen molar-refractivity contribution >= 4 is 29.0 Å². The van der Waals surface area contributed by atoms with Gasteiger partial charge in [0, 0.05) is 0 Å². The molecule has 1 heterocycles. The number of ketones is 1. The molecule has 26 heavy (non-hydrogen) atoms. The summed E-state index contributed by atoms with van der Waals surface area (Å²) in [5.74, 6) is -1.38. The van der Waals surface area contributed by atoms with E-state index in [9.17, 15) is 9.59 Å². The van der Waals surface area contributed by atoms with Gasteiger partial charge in [-0.05, 0) is 50.6 Å². The largest absolute Gasteiger partial charge is 0.318 e. The van der Waals surface area contributed by atoms with E-state index in [2.05, 4.69) is 10.4 Å². The maximum atomic E-state index is 12.7. The molecule has 0 radical (unpaired) electrons. The van der Waals surface area contributed by atoms with E-state index in [1.54, 1.807) is 30.7 Å². The van der Waals surface area contributed by atoms with Crippen molar-refractivity contribution in [3.8, 4) is 5.69 Å². The Labute approximate surface area is 156 Å². The summed E-state index contributed by atoms with van der Waals surface area (Å²) in [6.07, 6.45) is 0. The molecule has 3 rings (SSSR count). The summed E-state index contributed by atoms with van der Waals surface area (Å²) < 4.78 is 1.66. The highest BCUT2D eigenvalue weighted by Crippen LogP contribution is 2.24. The number of anilines is 1. The minimum atomic E-state index is -0.741. The molecule has 132 valence electrons. The lowest BCUT2D eigenvalue weighted by atomic mass is 10.1. The average Bonchev–Trinajstić information content (AvgIpc) is 2.92. The molecule has 0 unspecified atom stereocenters. The van der Waals surface area contributed by atoms with E-state index in [4.69, 9.17) is 11.6 Å². The summed E-state index contributed by atoms with van der Waals surface area (Å²) in [5.41, 5.74) is 3.62. The first-order chi connectivity index (χ1) is 12.4. The van der Waals surface area contributed by atoms with Crippen LogP contribution in [0.3, 0.4) is 0 Å². The molecule has 6 heteroatoms. The number of carbonyl (C=O) groups is 2. The monoisotopic (exact) mass is 367 g/mol. The van der Waals surface area contributed by atoms with Gasteiger partial charge in [0.2, 0.25) is 0 Å². The van der Waals surface area contributed by atoms with Crippen LogP contribution in [0.4, 0.5) is 5.69 Å². The molecule has 0 aliphatic carbocycles. The SMILES string of the molecule is Cc1ccc(NC(=O)C(=O)c2c(C)nn(-c3ccccc3)c2C)c(Cl)c1. The zero-order valence-corrected chi connectivity index (χ0v) is 15.5. The Morgan fingerprint density at radius 1 is 1.04 bits per heavy atom. The summed E-state index contributed by atoms with van der Waals surface area (Å²) in [4.78, 5) is 25.1. The molecule has 0 bridgehead atoms. The number of amides is 1. The Morgan fingerprint density at radius 2 is 1.73 bits per heavy atom. The first-order valence-electron chi connectivity index (χ1n) is 8.12. The van der Waals surface area contributed by atoms with Crippen LogP contribution in [0.2, 0.25) is 5.02 Å². The van der Waals surface area contributed by atoms with Crippen LogP contribution in [0, 0.1) is 20.8 Å². The Kier molecular flexibility index (Phi) is 4.91. The third-order valence-electron chi connectivity index (χ3n) is 4.10. The van der Waals surface area contributed by atoms with Gasteiger partial charge in [-0.25, -0.2) is 4.68 Å². The zero-order valence-electron chi connectivity index (χ0n) is 14.7. The number of para-hydroxylation sites is 1. The smallest absolute Gasteiger partial charge is 0.296 e. The lowest BCUT2D eigenvalue weighted by Gasteiger charge is -2.08. The van der Waals surface area contributed by atoms with Crippen LogP contribution in [-0.2, 0) is 4.79 Å². The Morgan fingerprint density at radius 3 is 2.38 bits per heavy atom. The van der Waals surface area contributed by atoms with Crippen molar-refractivity contribution in [1.29, 1.82) is 0 Å². The van der Waals surface area contributed by atoms with Gasteiger partial charge in [0.15, 0.2) is 0 Å². The highest BCUT2D eigenvalue weighted by Gasteiger charge is 2.25. The van der Waals surface area contributed by atoms with Crippen molar-refractivity contribution in [2.45, 2.75) is 20.8 Å². The molecule has 1 N–H and O–H groups in total. The van der Waals surface area contributed by atoms with Gasteiger partial charge in [0.1, 0.15) is 0 Å². The zero-order chi connectivity index (χ0) is 18.8. The normalized spacial score (nSPS) is 10.6. The van der Waals surface area contributed by atoms with E-state index in [1.807, 2.05) is 43.3 Å². The standard InChI is InChI=1S/C20H18ClN3O2/c1-12-9-10-17(16(21)11-12)22-20(26)19(25)18-13(2)23-24(14(18)3)15-7-5-4-6-8-15/h4-11H,1-3H3,(H,22,26). The fourth-order valence-corrected chi connectivity index (χ4v) is 3.09. The number of benzene rings is 2. The number of aromatic nitrogens is 2. The van der Waals surface area contributed by atoms with Crippen LogP contribution in [0.25, 0.3) is 5.69 Å². The van der Waals surface area contributed by atoms with Gasteiger partial charge in [-0.15, -0.1) is 0 Å². The van der Waals surface area contributed by atoms with E-state index in [-0.39, 0.29) is 0 Å². The summed E-state index contributed by atoms with van der Waals surface area (Å²) >= 11 is 6.13. The highest BCUT2D eigenvalue weighted by molar-refractivity contribution is 6.47. The molecule has 0 saturated carbocycles. The maximum absolute atomic E-state index is 12.7. The molecule has 0 atom stereocenters. The quantitative estimate of drug-likeness (QED) is 0.553. The summed E-state index contributed by atoms with van der Waals surface area (Å²) in [5, 5.41) is 7.38. The molecule has 0 aliphatic heterocycles. The molecule has 0 fully saturated rings. The number of carbonyl (C=O) groups excluding carboxylic acids is 2. The average molecular weight is 368 g/mol. The first kappa shape index (κ1) is 17.9. The number of rotatable bonds is 4. The predicted molar refractivity (Wildman–Crippen MR) is 102 cm³/mol. The van der Waals surface area contributed by atoms with Crippen LogP contribution >= 0.6 is 11.6 Å². The summed E-state index contributed by atoms with van der Waals surface area (Å²) in [6.45, 7) is 5.38. The van der Waals surface area contributed by atoms with Crippen LogP contribution < -0.4 is 5.32 Å². The van der Waals surface area contributed by atoms with Gasteiger partial charge >= 0.3 is 0 Å². The highest BCUT2D eigenvalue weighted by atomic mass is 35.5. The van der Waals surface area contributed by atoms with Crippen LogP contribution in [0.15, 0.2) is 48.5 Å². The van der Waals surface area contributed by atoms with Crippen molar-refractivity contribution in [2.75, 3.05) is 5.32 Å². The number of nitrogens with zero attached hydrogens (tertiary/aromatic N) is 2. The van der Waals surface area contributed by atoms with Crippen LogP contribution in [-0.4, -0.2) is 21.5 Å². The third kappa shape index (κ3) is 3.39. The molecule has 0 spiro atoms. The molecule has 0 aliphatic rings. The molecule has 0 saturated heterocycles. The van der Waals surface area contributed by atoms with Gasteiger partial charge in [-0.2, -0.15) is 5.10 Å². The number of hydrogen-bond acceptors (Lipinski definition) is 3. The van der Waals surface area contributed by atoms with Crippen molar-refractivity contribution in [2.24, 2.45) is 0 Å². The van der Waals surface area contributed by atoms with Gasteiger partial charge in [-0.1, -0.05) is 35.9 Å². The lowest BCUT2D eigenvalue weighted by Crippen LogP contribution is -2.24. The second kappa shape index (κ2) is 7.14. The Hall–Kier alpha value is -2.92. The first-order valence-corrected chi connectivity index (χ1v) is 8.49. The number of Topliss-reactive ketones (excluding diaryl/α,β-unsaturated/α-hetero) is 1. The third-order valence-corrected chi connectivity index (χ3v) is 4.41. The fraction of sp³-hybridized carbons (Fsp3) is 0.150.